The molecule has 0 atom stereocenters. The van der Waals surface area contributed by atoms with E-state index in [4.69, 9.17) is 32.4 Å². The highest BCUT2D eigenvalue weighted by Gasteiger charge is 2.23. The summed E-state index contributed by atoms with van der Waals surface area (Å²) in [5.74, 6) is 0.683. The molecule has 0 bridgehead atoms. The second-order valence-corrected chi connectivity index (χ2v) is 6.42. The zero-order chi connectivity index (χ0) is 20.3. The van der Waals surface area contributed by atoms with E-state index < -0.39 is 10.7 Å². The largest absolute Gasteiger partial charge is 0.484 e. The summed E-state index contributed by atoms with van der Waals surface area (Å²) in [6.45, 7) is 0.105. The zero-order valence-electron chi connectivity index (χ0n) is 14.5. The molecule has 0 aliphatic heterocycles. The highest BCUT2D eigenvalue weighted by atomic mass is 35.5. The smallest absolute Gasteiger partial charge is 0.318 e. The van der Waals surface area contributed by atoms with Crippen LogP contribution >= 0.6 is 23.2 Å². The number of halogens is 2. The molecule has 0 saturated carbocycles. The van der Waals surface area contributed by atoms with Crippen LogP contribution in [0.5, 0.6) is 5.75 Å². The van der Waals surface area contributed by atoms with Crippen LogP contribution in [0.1, 0.15) is 22.0 Å². The SMILES string of the molecule is Cn1cc([N+](=O)[O-])c(C(=O)/C=C/c2ccc(COc3cccc(Cl)c3Cl)o2)n1. The highest BCUT2D eigenvalue weighted by Crippen LogP contribution is 2.32. The van der Waals surface area contributed by atoms with Gasteiger partial charge >= 0.3 is 5.69 Å². The van der Waals surface area contributed by atoms with E-state index in [2.05, 4.69) is 5.10 Å². The van der Waals surface area contributed by atoms with Crippen LogP contribution in [-0.2, 0) is 13.7 Å². The van der Waals surface area contributed by atoms with Gasteiger partial charge in [-0.1, -0.05) is 29.3 Å². The molecule has 1 aromatic carbocycles. The lowest BCUT2D eigenvalue weighted by atomic mass is 10.2. The van der Waals surface area contributed by atoms with Crippen molar-refractivity contribution >= 4 is 40.7 Å². The third-order valence-electron chi connectivity index (χ3n) is 3.61. The number of benzene rings is 1. The lowest BCUT2D eigenvalue weighted by molar-refractivity contribution is -0.385. The van der Waals surface area contributed by atoms with Gasteiger partial charge in [0.05, 0.1) is 9.95 Å². The maximum absolute atomic E-state index is 12.2. The van der Waals surface area contributed by atoms with Gasteiger partial charge in [0.15, 0.2) is 0 Å². The van der Waals surface area contributed by atoms with Crippen molar-refractivity contribution in [2.45, 2.75) is 6.61 Å². The van der Waals surface area contributed by atoms with E-state index in [1.807, 2.05) is 0 Å². The number of ether oxygens (including phenoxy) is 1. The predicted molar refractivity (Wildman–Crippen MR) is 103 cm³/mol. The maximum Gasteiger partial charge on any atom is 0.318 e. The van der Waals surface area contributed by atoms with Gasteiger partial charge in [-0.25, -0.2) is 0 Å². The van der Waals surface area contributed by atoms with E-state index in [0.29, 0.717) is 27.3 Å². The van der Waals surface area contributed by atoms with E-state index in [1.165, 1.54) is 24.0 Å². The summed E-state index contributed by atoms with van der Waals surface area (Å²) in [5.41, 5.74) is -0.599. The van der Waals surface area contributed by atoms with E-state index >= 15 is 0 Å². The fourth-order valence-corrected chi connectivity index (χ4v) is 2.67. The van der Waals surface area contributed by atoms with Gasteiger partial charge in [-0.15, -0.1) is 0 Å². The number of carbonyl (C=O) groups excluding carboxylic acids is 1. The first-order valence-electron chi connectivity index (χ1n) is 7.91. The summed E-state index contributed by atoms with van der Waals surface area (Å²) in [4.78, 5) is 22.5. The zero-order valence-corrected chi connectivity index (χ0v) is 16.0. The summed E-state index contributed by atoms with van der Waals surface area (Å²) in [7, 11) is 1.50. The fourth-order valence-electron chi connectivity index (χ4n) is 2.33. The molecular formula is C18H13Cl2N3O5. The standard InChI is InChI=1S/C18H13Cl2N3O5/c1-22-9-14(23(25)26)18(21-22)15(24)8-7-11-5-6-12(28-11)10-27-16-4-2-3-13(19)17(16)20/h2-9H,10H2,1H3/b8-7+. The van der Waals surface area contributed by atoms with E-state index in [-0.39, 0.29) is 18.0 Å². The Morgan fingerprint density at radius 2 is 2.14 bits per heavy atom. The molecule has 0 aliphatic carbocycles. The minimum atomic E-state index is -0.655. The van der Waals surface area contributed by atoms with Crippen LogP contribution in [0, 0.1) is 10.1 Å². The Hall–Kier alpha value is -3.10. The van der Waals surface area contributed by atoms with Crippen molar-refractivity contribution in [3.8, 4) is 5.75 Å². The van der Waals surface area contributed by atoms with Gasteiger partial charge in [0, 0.05) is 7.05 Å². The van der Waals surface area contributed by atoms with Crippen molar-refractivity contribution in [1.82, 2.24) is 9.78 Å². The van der Waals surface area contributed by atoms with Crippen molar-refractivity contribution < 1.29 is 18.9 Å². The summed E-state index contributed by atoms with van der Waals surface area (Å²) >= 11 is 12.0. The molecule has 3 rings (SSSR count). The van der Waals surface area contributed by atoms with Gasteiger partial charge in [0.1, 0.15) is 35.1 Å². The minimum Gasteiger partial charge on any atom is -0.484 e. The Morgan fingerprint density at radius 1 is 1.36 bits per heavy atom. The third kappa shape index (κ3) is 4.41. The van der Waals surface area contributed by atoms with Gasteiger partial charge in [-0.2, -0.15) is 5.10 Å². The first-order valence-corrected chi connectivity index (χ1v) is 8.66. The quantitative estimate of drug-likeness (QED) is 0.237. The van der Waals surface area contributed by atoms with E-state index in [9.17, 15) is 14.9 Å². The molecule has 0 aliphatic rings. The lowest BCUT2D eigenvalue weighted by Gasteiger charge is -2.06. The van der Waals surface area contributed by atoms with Crippen LogP contribution < -0.4 is 4.74 Å². The van der Waals surface area contributed by atoms with Crippen molar-refractivity contribution in [3.05, 3.63) is 80.0 Å². The Balaban J connectivity index is 1.66. The first kappa shape index (κ1) is 19.7. The maximum atomic E-state index is 12.2. The van der Waals surface area contributed by atoms with Gasteiger partial charge in [0.25, 0.3) is 0 Å². The average molecular weight is 422 g/mol. The highest BCUT2D eigenvalue weighted by molar-refractivity contribution is 6.42. The van der Waals surface area contributed by atoms with Crippen molar-refractivity contribution in [2.75, 3.05) is 0 Å². The summed E-state index contributed by atoms with van der Waals surface area (Å²) < 4.78 is 12.3. The molecule has 28 heavy (non-hydrogen) atoms. The second-order valence-electron chi connectivity index (χ2n) is 5.64. The molecule has 0 radical (unpaired) electrons. The molecule has 0 unspecified atom stereocenters. The molecule has 2 aromatic heterocycles. The van der Waals surface area contributed by atoms with Gasteiger partial charge < -0.3 is 9.15 Å². The summed E-state index contributed by atoms with van der Waals surface area (Å²) in [5, 5.41) is 15.5. The number of aryl methyl sites for hydroxylation is 1. The van der Waals surface area contributed by atoms with Crippen LogP contribution in [-0.4, -0.2) is 20.5 Å². The monoisotopic (exact) mass is 421 g/mol. The fraction of sp³-hybridized carbons (Fsp3) is 0.111. The number of rotatable bonds is 7. The molecule has 0 spiro atoms. The topological polar surface area (TPSA) is 100 Å². The van der Waals surface area contributed by atoms with Crippen LogP contribution in [0.15, 0.2) is 47.0 Å². The van der Waals surface area contributed by atoms with Crippen LogP contribution in [0.2, 0.25) is 10.0 Å². The number of nitrogens with zero attached hydrogens (tertiary/aromatic N) is 3. The molecule has 10 heteroatoms. The molecule has 144 valence electrons. The Kier molecular flexibility index (Phi) is 5.81. The molecular weight excluding hydrogens is 409 g/mol. The Morgan fingerprint density at radius 3 is 2.89 bits per heavy atom. The van der Waals surface area contributed by atoms with Gasteiger partial charge in [-0.3, -0.25) is 19.6 Å². The molecule has 3 aromatic rings. The first-order chi connectivity index (χ1) is 13.3. The Labute approximate surface area is 169 Å². The molecule has 0 amide bonds. The molecule has 0 N–H and O–H groups in total. The van der Waals surface area contributed by atoms with Gasteiger partial charge in [-0.05, 0) is 36.4 Å². The Bertz CT molecular complexity index is 1070. The number of ketones is 1. The minimum absolute atomic E-state index is 0.105. The number of nitro groups is 1. The van der Waals surface area contributed by atoms with Crippen molar-refractivity contribution in [1.29, 1.82) is 0 Å². The van der Waals surface area contributed by atoms with E-state index in [0.717, 1.165) is 6.08 Å². The van der Waals surface area contributed by atoms with Crippen LogP contribution in [0.3, 0.4) is 0 Å². The summed E-state index contributed by atoms with van der Waals surface area (Å²) in [6.07, 6.45) is 3.73. The van der Waals surface area contributed by atoms with Crippen LogP contribution in [0.4, 0.5) is 5.69 Å². The number of carbonyl (C=O) groups is 1. The van der Waals surface area contributed by atoms with Crippen LogP contribution in [0.25, 0.3) is 6.08 Å². The van der Waals surface area contributed by atoms with Crippen molar-refractivity contribution in [2.24, 2.45) is 7.05 Å². The normalized spacial score (nSPS) is 11.1. The molecule has 2 heterocycles. The number of allylic oxidation sites excluding steroid dienone is 1. The lowest BCUT2D eigenvalue weighted by Crippen LogP contribution is -2.00. The number of aromatic nitrogens is 2. The number of furan rings is 1. The average Bonchev–Trinajstić information content (AvgIpc) is 3.27. The summed E-state index contributed by atoms with van der Waals surface area (Å²) in [6, 6.07) is 8.34. The van der Waals surface area contributed by atoms with Crippen molar-refractivity contribution in [3.63, 3.8) is 0 Å². The molecule has 8 nitrogen and oxygen atoms in total. The van der Waals surface area contributed by atoms with E-state index in [1.54, 1.807) is 30.3 Å². The molecule has 0 saturated heterocycles. The predicted octanol–water partition coefficient (Wildman–Crippen LogP) is 4.70. The third-order valence-corrected chi connectivity index (χ3v) is 4.41. The molecule has 0 fully saturated rings. The number of hydrogen-bond acceptors (Lipinski definition) is 6. The second kappa shape index (κ2) is 8.28. The number of hydrogen-bond donors (Lipinski definition) is 0. The van der Waals surface area contributed by atoms with Gasteiger partial charge in [0.2, 0.25) is 11.5 Å².